The Morgan fingerprint density at radius 1 is 1.21 bits per heavy atom. The van der Waals surface area contributed by atoms with Crippen LogP contribution in [0.4, 0.5) is 0 Å². The van der Waals surface area contributed by atoms with Gasteiger partial charge in [-0.25, -0.2) is 9.36 Å². The summed E-state index contributed by atoms with van der Waals surface area (Å²) < 4.78 is 21.8. The van der Waals surface area contributed by atoms with Gasteiger partial charge in [-0.3, -0.25) is 4.52 Å². The zero-order valence-electron chi connectivity index (χ0n) is 17.4. The van der Waals surface area contributed by atoms with E-state index in [0.717, 1.165) is 0 Å². The van der Waals surface area contributed by atoms with E-state index in [1.165, 1.54) is 6.08 Å². The van der Waals surface area contributed by atoms with Gasteiger partial charge in [-0.05, 0) is 25.7 Å². The van der Waals surface area contributed by atoms with Gasteiger partial charge in [0.1, 0.15) is 6.10 Å². The van der Waals surface area contributed by atoms with E-state index in [0.29, 0.717) is 12.8 Å². The summed E-state index contributed by atoms with van der Waals surface area (Å²) >= 11 is 0. The van der Waals surface area contributed by atoms with Gasteiger partial charge >= 0.3 is 13.8 Å². The Kier molecular flexibility index (Phi) is 10.8. The molecule has 0 aliphatic carbocycles. The molecule has 0 radical (unpaired) electrons. The van der Waals surface area contributed by atoms with Gasteiger partial charge in [0.25, 0.3) is 0 Å². The van der Waals surface area contributed by atoms with E-state index in [2.05, 4.69) is 0 Å². The van der Waals surface area contributed by atoms with E-state index in [-0.39, 0.29) is 23.9 Å². The molecule has 3 N–H and O–H groups in total. The Balaban J connectivity index is 2.77. The number of carbonyl (C=O) groups is 1. The van der Waals surface area contributed by atoms with Crippen molar-refractivity contribution in [1.82, 2.24) is 0 Å². The number of aliphatic hydroxyl groups is 1. The van der Waals surface area contributed by atoms with E-state index in [4.69, 9.17) is 9.26 Å². The van der Waals surface area contributed by atoms with Crippen LogP contribution in [0.25, 0.3) is 0 Å². The summed E-state index contributed by atoms with van der Waals surface area (Å²) in [6.45, 7) is 7.45. The number of carbonyl (C=O) groups excluding carboxylic acids is 1. The second-order valence-electron chi connectivity index (χ2n) is 7.45. The molecule has 0 aromatic carbocycles. The highest BCUT2D eigenvalue weighted by atomic mass is 31.2. The molecular weight excluding hydrogens is 395 g/mol. The third kappa shape index (κ3) is 9.70. The summed E-state index contributed by atoms with van der Waals surface area (Å²) in [6, 6.07) is 0. The Morgan fingerprint density at radius 2 is 1.86 bits per heavy atom. The van der Waals surface area contributed by atoms with Gasteiger partial charge in [0, 0.05) is 17.9 Å². The van der Waals surface area contributed by atoms with Gasteiger partial charge in [0.05, 0.1) is 12.2 Å². The van der Waals surface area contributed by atoms with Gasteiger partial charge in [0.15, 0.2) is 0 Å². The van der Waals surface area contributed by atoms with Crippen molar-refractivity contribution in [3.63, 3.8) is 0 Å². The van der Waals surface area contributed by atoms with E-state index in [1.54, 1.807) is 37.3 Å². The normalized spacial score (nSPS) is 24.9. The van der Waals surface area contributed by atoms with Crippen molar-refractivity contribution in [3.05, 3.63) is 48.6 Å². The number of ether oxygens (including phenoxy) is 1. The van der Waals surface area contributed by atoms with Crippen LogP contribution in [0.5, 0.6) is 0 Å². The maximum absolute atomic E-state index is 11.5. The van der Waals surface area contributed by atoms with Gasteiger partial charge < -0.3 is 19.6 Å². The average molecular weight is 428 g/mol. The highest BCUT2D eigenvalue weighted by Gasteiger charge is 2.33. The minimum absolute atomic E-state index is 0.0366. The summed E-state index contributed by atoms with van der Waals surface area (Å²) in [4.78, 5) is 30.1. The van der Waals surface area contributed by atoms with Crippen molar-refractivity contribution >= 4 is 13.8 Å². The van der Waals surface area contributed by atoms with Crippen LogP contribution in [-0.4, -0.2) is 39.2 Å². The van der Waals surface area contributed by atoms with Gasteiger partial charge in [-0.1, -0.05) is 63.3 Å². The van der Waals surface area contributed by atoms with Crippen molar-refractivity contribution in [2.24, 2.45) is 17.8 Å². The lowest BCUT2D eigenvalue weighted by Crippen LogP contribution is -2.35. The first-order valence-electron chi connectivity index (χ1n) is 9.82. The molecule has 1 heterocycles. The molecular formula is C21H33O7P. The van der Waals surface area contributed by atoms with Crippen LogP contribution < -0.4 is 0 Å². The number of esters is 1. The second-order valence-corrected chi connectivity index (χ2v) is 8.65. The molecule has 0 fully saturated rings. The number of cyclic esters (lactones) is 1. The quantitative estimate of drug-likeness (QED) is 0.261. The third-order valence-electron chi connectivity index (χ3n) is 5.01. The van der Waals surface area contributed by atoms with Crippen molar-refractivity contribution in [1.29, 1.82) is 0 Å². The van der Waals surface area contributed by atoms with Crippen LogP contribution in [0, 0.1) is 17.8 Å². The summed E-state index contributed by atoms with van der Waals surface area (Å²) in [5.41, 5.74) is 0. The number of phosphoric acid groups is 1. The summed E-state index contributed by atoms with van der Waals surface area (Å²) in [5.74, 6) is -0.917. The average Bonchev–Trinajstić information content (AvgIpc) is 2.64. The predicted molar refractivity (Wildman–Crippen MR) is 112 cm³/mol. The predicted octanol–water partition coefficient (Wildman–Crippen LogP) is 3.68. The number of phosphoric ester groups is 1. The van der Waals surface area contributed by atoms with Crippen molar-refractivity contribution < 1.29 is 33.5 Å². The maximum atomic E-state index is 11.5. The first kappa shape index (κ1) is 25.5. The van der Waals surface area contributed by atoms with Gasteiger partial charge in [0.2, 0.25) is 0 Å². The highest BCUT2D eigenvalue weighted by Crippen LogP contribution is 2.41. The number of rotatable bonds is 11. The molecule has 6 atom stereocenters. The standard InChI is InChI=1S/C21H33O7P/c1-5-6-7-8-9-10-18(22)17(4)19(28-29(24,25)26)13-11-15(2)21-16(3)12-14-20(23)27-21/h5-10,12,14-19,21-22H,11,13H2,1-4H3,(H2,24,25,26)/b6-5+,8-7-,10-9-. The summed E-state index contributed by atoms with van der Waals surface area (Å²) in [6.07, 6.45) is 12.4. The maximum Gasteiger partial charge on any atom is 0.469 e. The van der Waals surface area contributed by atoms with E-state index in [9.17, 15) is 24.3 Å². The molecule has 0 saturated carbocycles. The fourth-order valence-corrected chi connectivity index (χ4v) is 3.90. The molecule has 0 amide bonds. The molecule has 0 bridgehead atoms. The molecule has 7 nitrogen and oxygen atoms in total. The Labute approximate surface area is 173 Å². The van der Waals surface area contributed by atoms with Crippen LogP contribution in [0.2, 0.25) is 0 Å². The minimum atomic E-state index is -4.73. The minimum Gasteiger partial charge on any atom is -0.458 e. The molecule has 1 rings (SSSR count). The molecule has 1 aliphatic rings. The molecule has 0 saturated heterocycles. The fourth-order valence-electron chi connectivity index (χ4n) is 3.25. The van der Waals surface area contributed by atoms with E-state index < -0.39 is 25.9 Å². The largest absolute Gasteiger partial charge is 0.469 e. The van der Waals surface area contributed by atoms with Crippen LogP contribution >= 0.6 is 7.82 Å². The van der Waals surface area contributed by atoms with Crippen molar-refractivity contribution in [2.45, 2.75) is 58.8 Å². The van der Waals surface area contributed by atoms with Crippen molar-refractivity contribution in [2.75, 3.05) is 0 Å². The fraction of sp³-hybridized carbons (Fsp3) is 0.571. The van der Waals surface area contributed by atoms with Crippen LogP contribution in [0.15, 0.2) is 48.6 Å². The SMILES string of the molecule is C/C=C/C=C\C=C/C(O)C(C)C(CCC(C)C1OC(=O)C=CC1C)OP(=O)(O)O. The van der Waals surface area contributed by atoms with Crippen LogP contribution in [0.1, 0.15) is 40.5 Å². The molecule has 0 aromatic heterocycles. The Bertz CT molecular complexity index is 677. The smallest absolute Gasteiger partial charge is 0.458 e. The lowest BCUT2D eigenvalue weighted by atomic mass is 9.85. The Morgan fingerprint density at radius 3 is 2.48 bits per heavy atom. The molecule has 0 spiro atoms. The first-order chi connectivity index (χ1) is 13.5. The molecule has 1 aliphatic heterocycles. The molecule has 6 unspecified atom stereocenters. The molecule has 8 heteroatoms. The van der Waals surface area contributed by atoms with Gasteiger partial charge in [-0.15, -0.1) is 0 Å². The zero-order chi connectivity index (χ0) is 22.0. The number of hydrogen-bond acceptors (Lipinski definition) is 5. The second kappa shape index (κ2) is 12.3. The lowest BCUT2D eigenvalue weighted by Gasteiger charge is -2.32. The zero-order valence-corrected chi connectivity index (χ0v) is 18.3. The van der Waals surface area contributed by atoms with Gasteiger partial charge in [-0.2, -0.15) is 0 Å². The van der Waals surface area contributed by atoms with Crippen LogP contribution in [-0.2, 0) is 18.6 Å². The Hall–Kier alpha value is -1.50. The van der Waals surface area contributed by atoms with Crippen molar-refractivity contribution in [3.8, 4) is 0 Å². The topological polar surface area (TPSA) is 113 Å². The highest BCUT2D eigenvalue weighted by molar-refractivity contribution is 7.46. The number of allylic oxidation sites excluding steroid dienone is 5. The molecule has 29 heavy (non-hydrogen) atoms. The first-order valence-corrected chi connectivity index (χ1v) is 11.3. The summed E-state index contributed by atoms with van der Waals surface area (Å²) in [7, 11) is -4.73. The lowest BCUT2D eigenvalue weighted by molar-refractivity contribution is -0.149. The monoisotopic (exact) mass is 428 g/mol. The molecule has 0 aromatic rings. The third-order valence-corrected chi connectivity index (χ3v) is 5.55. The number of aliphatic hydroxyl groups excluding tert-OH is 1. The summed E-state index contributed by atoms with van der Waals surface area (Å²) in [5, 5.41) is 10.4. The van der Waals surface area contributed by atoms with E-state index >= 15 is 0 Å². The van der Waals surface area contributed by atoms with Crippen LogP contribution in [0.3, 0.4) is 0 Å². The molecule has 164 valence electrons. The number of hydrogen-bond donors (Lipinski definition) is 3. The van der Waals surface area contributed by atoms with E-state index in [1.807, 2.05) is 32.9 Å².